The van der Waals surface area contributed by atoms with Gasteiger partial charge < -0.3 is 21.1 Å². The van der Waals surface area contributed by atoms with E-state index >= 15 is 0 Å². The molecule has 2 fully saturated rings. The molecule has 4 N–H and O–H groups in total. The maximum Gasteiger partial charge on any atom is 0.319 e. The normalized spacial score (nSPS) is 21.3. The van der Waals surface area contributed by atoms with Gasteiger partial charge in [0.15, 0.2) is 0 Å². The molecule has 0 saturated heterocycles. The molecule has 2 aliphatic rings. The fraction of sp³-hybridized carbons (Fsp3) is 0.526. The summed E-state index contributed by atoms with van der Waals surface area (Å²) in [5.41, 5.74) is 1.37. The maximum absolute atomic E-state index is 12.1. The number of hydrogen-bond acceptors (Lipinski definition) is 4. The average molecular weight is 374 g/mol. The first-order chi connectivity index (χ1) is 12.9. The number of likely N-dealkylation sites (N-methyl/N-ethyl adjacent to an activating group) is 1. The van der Waals surface area contributed by atoms with Crippen molar-refractivity contribution in [2.24, 2.45) is 5.92 Å². The number of urea groups is 1. The number of benzene rings is 1. The molecule has 1 aromatic carbocycles. The third-order valence-electron chi connectivity index (χ3n) is 5.07. The summed E-state index contributed by atoms with van der Waals surface area (Å²) in [4.78, 5) is 36.6. The second kappa shape index (κ2) is 8.39. The summed E-state index contributed by atoms with van der Waals surface area (Å²) in [6.07, 6.45) is 3.42. The second-order valence-electron chi connectivity index (χ2n) is 7.22. The van der Waals surface area contributed by atoms with Gasteiger partial charge in [0.05, 0.1) is 6.54 Å². The summed E-state index contributed by atoms with van der Waals surface area (Å²) in [6, 6.07) is 6.99. The van der Waals surface area contributed by atoms with Crippen LogP contribution in [0.3, 0.4) is 0 Å². The summed E-state index contributed by atoms with van der Waals surface area (Å²) in [5, 5.41) is 17.4. The lowest BCUT2D eigenvalue weighted by atomic mass is 9.85. The molecule has 0 heterocycles. The van der Waals surface area contributed by atoms with Crippen molar-refractivity contribution in [2.75, 3.05) is 23.7 Å². The average Bonchev–Trinajstić information content (AvgIpc) is 3.42. The number of anilines is 2. The SMILES string of the molecule is CCN(CC(=O)O)C1CC(NC(=O)Nc2ccc(NC(=O)C3CC3)cc2)C1. The van der Waals surface area contributed by atoms with Crippen LogP contribution in [0.15, 0.2) is 24.3 Å². The summed E-state index contributed by atoms with van der Waals surface area (Å²) in [5.74, 6) is -0.626. The number of carboxylic acid groups (broad SMARTS) is 1. The minimum Gasteiger partial charge on any atom is -0.480 e. The number of amides is 3. The predicted octanol–water partition coefficient (Wildman–Crippen LogP) is 2.09. The summed E-state index contributed by atoms with van der Waals surface area (Å²) in [6.45, 7) is 2.65. The first-order valence-electron chi connectivity index (χ1n) is 9.39. The minimum absolute atomic E-state index is 0.0315. The molecule has 2 saturated carbocycles. The second-order valence-corrected chi connectivity index (χ2v) is 7.22. The number of aliphatic carboxylic acids is 1. The molecular weight excluding hydrogens is 348 g/mol. The highest BCUT2D eigenvalue weighted by Crippen LogP contribution is 2.30. The smallest absolute Gasteiger partial charge is 0.319 e. The Bertz CT molecular complexity index is 696. The number of carbonyl (C=O) groups excluding carboxylic acids is 2. The highest BCUT2D eigenvalue weighted by atomic mass is 16.4. The molecule has 8 nitrogen and oxygen atoms in total. The van der Waals surface area contributed by atoms with Crippen molar-refractivity contribution in [3.63, 3.8) is 0 Å². The van der Waals surface area contributed by atoms with Crippen LogP contribution in [0.25, 0.3) is 0 Å². The van der Waals surface area contributed by atoms with E-state index in [2.05, 4.69) is 16.0 Å². The van der Waals surface area contributed by atoms with E-state index in [9.17, 15) is 14.4 Å². The molecule has 0 aliphatic heterocycles. The Morgan fingerprint density at radius 2 is 1.67 bits per heavy atom. The summed E-state index contributed by atoms with van der Waals surface area (Å²) < 4.78 is 0. The third kappa shape index (κ3) is 5.43. The van der Waals surface area contributed by atoms with Gasteiger partial charge in [-0.15, -0.1) is 0 Å². The zero-order valence-electron chi connectivity index (χ0n) is 15.4. The number of rotatable bonds is 8. The van der Waals surface area contributed by atoms with Gasteiger partial charge in [-0.1, -0.05) is 6.92 Å². The van der Waals surface area contributed by atoms with Crippen molar-refractivity contribution in [1.82, 2.24) is 10.2 Å². The van der Waals surface area contributed by atoms with Crippen molar-refractivity contribution in [1.29, 1.82) is 0 Å². The summed E-state index contributed by atoms with van der Waals surface area (Å²) in [7, 11) is 0. The lowest BCUT2D eigenvalue weighted by Crippen LogP contribution is -2.55. The molecule has 0 radical (unpaired) electrons. The van der Waals surface area contributed by atoms with E-state index in [1.807, 2.05) is 11.8 Å². The van der Waals surface area contributed by atoms with E-state index in [1.165, 1.54) is 0 Å². The quantitative estimate of drug-likeness (QED) is 0.557. The fourth-order valence-electron chi connectivity index (χ4n) is 3.26. The zero-order chi connectivity index (χ0) is 19.4. The first kappa shape index (κ1) is 19.2. The van der Waals surface area contributed by atoms with Crippen LogP contribution in [0, 0.1) is 5.92 Å². The van der Waals surface area contributed by atoms with Crippen LogP contribution in [0.2, 0.25) is 0 Å². The monoisotopic (exact) mass is 374 g/mol. The van der Waals surface area contributed by atoms with Crippen molar-refractivity contribution < 1.29 is 19.5 Å². The van der Waals surface area contributed by atoms with Gasteiger partial charge in [0.25, 0.3) is 0 Å². The van der Waals surface area contributed by atoms with Crippen LogP contribution in [-0.2, 0) is 9.59 Å². The van der Waals surface area contributed by atoms with Crippen LogP contribution >= 0.6 is 0 Å². The largest absolute Gasteiger partial charge is 0.480 e. The van der Waals surface area contributed by atoms with Crippen LogP contribution in [0.4, 0.5) is 16.2 Å². The highest BCUT2D eigenvalue weighted by molar-refractivity contribution is 5.94. The van der Waals surface area contributed by atoms with Crippen molar-refractivity contribution in [3.8, 4) is 0 Å². The predicted molar refractivity (Wildman–Crippen MR) is 102 cm³/mol. The number of hydrogen-bond donors (Lipinski definition) is 4. The molecule has 0 aromatic heterocycles. The Hall–Kier alpha value is -2.61. The van der Waals surface area contributed by atoms with Gasteiger partial charge in [-0.2, -0.15) is 0 Å². The Kier molecular flexibility index (Phi) is 5.95. The topological polar surface area (TPSA) is 111 Å². The Labute approximate surface area is 158 Å². The number of carboxylic acids is 1. The zero-order valence-corrected chi connectivity index (χ0v) is 15.4. The van der Waals surface area contributed by atoms with E-state index in [4.69, 9.17) is 5.11 Å². The molecule has 27 heavy (non-hydrogen) atoms. The van der Waals surface area contributed by atoms with Crippen LogP contribution in [0.5, 0.6) is 0 Å². The third-order valence-corrected chi connectivity index (χ3v) is 5.07. The van der Waals surface area contributed by atoms with E-state index in [-0.39, 0.29) is 36.5 Å². The Balaban J connectivity index is 1.39. The van der Waals surface area contributed by atoms with Gasteiger partial charge in [-0.3, -0.25) is 14.5 Å². The maximum atomic E-state index is 12.1. The number of carbonyl (C=O) groups is 3. The molecule has 8 heteroatoms. The number of nitrogens with one attached hydrogen (secondary N) is 3. The van der Waals surface area contributed by atoms with Gasteiger partial charge in [-0.05, 0) is 56.5 Å². The van der Waals surface area contributed by atoms with Crippen LogP contribution < -0.4 is 16.0 Å². The molecule has 0 atom stereocenters. The van der Waals surface area contributed by atoms with Crippen LogP contribution in [-0.4, -0.2) is 53.1 Å². The van der Waals surface area contributed by atoms with E-state index < -0.39 is 5.97 Å². The van der Waals surface area contributed by atoms with Crippen LogP contribution in [0.1, 0.15) is 32.6 Å². The molecule has 0 spiro atoms. The van der Waals surface area contributed by atoms with Gasteiger partial charge in [0.2, 0.25) is 5.91 Å². The van der Waals surface area contributed by atoms with Gasteiger partial charge in [0.1, 0.15) is 0 Å². The Morgan fingerprint density at radius 1 is 1.07 bits per heavy atom. The molecule has 0 unspecified atom stereocenters. The highest BCUT2D eigenvalue weighted by Gasteiger charge is 2.34. The molecular formula is C19H26N4O4. The standard InChI is InChI=1S/C19H26N4O4/c1-2-23(11-17(24)25)16-9-15(10-16)22-19(27)21-14-7-5-13(6-8-14)20-18(26)12-3-4-12/h5-8,12,15-16H,2-4,9-11H2,1H3,(H,20,26)(H,24,25)(H2,21,22,27). The van der Waals surface area contributed by atoms with Crippen molar-refractivity contribution in [3.05, 3.63) is 24.3 Å². The molecule has 2 aliphatic carbocycles. The Morgan fingerprint density at radius 3 is 2.19 bits per heavy atom. The molecule has 146 valence electrons. The molecule has 3 rings (SSSR count). The lowest BCUT2D eigenvalue weighted by molar-refractivity contribution is -0.139. The van der Waals surface area contributed by atoms with E-state index in [0.717, 1.165) is 31.4 Å². The molecule has 3 amide bonds. The summed E-state index contributed by atoms with van der Waals surface area (Å²) >= 11 is 0. The van der Waals surface area contributed by atoms with Crippen molar-refractivity contribution >= 4 is 29.3 Å². The van der Waals surface area contributed by atoms with Gasteiger partial charge in [0, 0.05) is 29.4 Å². The van der Waals surface area contributed by atoms with Gasteiger partial charge >= 0.3 is 12.0 Å². The lowest BCUT2D eigenvalue weighted by Gasteiger charge is -2.42. The molecule has 1 aromatic rings. The van der Waals surface area contributed by atoms with E-state index in [0.29, 0.717) is 12.2 Å². The minimum atomic E-state index is -0.831. The van der Waals surface area contributed by atoms with E-state index in [1.54, 1.807) is 24.3 Å². The van der Waals surface area contributed by atoms with Gasteiger partial charge in [-0.25, -0.2) is 4.79 Å². The first-order valence-corrected chi connectivity index (χ1v) is 9.39. The number of nitrogens with zero attached hydrogens (tertiary/aromatic N) is 1. The van der Waals surface area contributed by atoms with Crippen molar-refractivity contribution in [2.45, 2.75) is 44.7 Å². The molecule has 0 bridgehead atoms. The fourth-order valence-corrected chi connectivity index (χ4v) is 3.26.